The zero-order chi connectivity index (χ0) is 7.11. The Bertz CT molecular complexity index is 93.8. The Balaban J connectivity index is 3.07. The van der Waals surface area contributed by atoms with Crippen LogP contribution in [-0.2, 0) is 4.74 Å². The number of nitrogens with zero attached hydrogens (tertiary/aromatic N) is 1. The smallest absolute Gasteiger partial charge is 0.165 e. The number of hydrogen-bond donors (Lipinski definition) is 3. The molecule has 0 aromatic carbocycles. The fourth-order valence-electron chi connectivity index (χ4n) is 0.270. The Morgan fingerprint density at radius 2 is 2.33 bits per heavy atom. The molecule has 0 atom stereocenters. The van der Waals surface area contributed by atoms with Crippen LogP contribution in [0.1, 0.15) is 0 Å². The second kappa shape index (κ2) is 5.33. The van der Waals surface area contributed by atoms with E-state index in [0.717, 1.165) is 0 Å². The van der Waals surface area contributed by atoms with Gasteiger partial charge in [-0.15, -0.1) is 0 Å². The van der Waals surface area contributed by atoms with E-state index in [2.05, 4.69) is 9.89 Å². The summed E-state index contributed by atoms with van der Waals surface area (Å²) in [5.41, 5.74) is 5.01. The molecule has 5 heteroatoms. The van der Waals surface area contributed by atoms with Crippen LogP contribution < -0.4 is 5.73 Å². The first-order chi connectivity index (χ1) is 4.31. The van der Waals surface area contributed by atoms with Crippen molar-refractivity contribution in [1.29, 1.82) is 0 Å². The fourth-order valence-corrected chi connectivity index (χ4v) is 0.270. The van der Waals surface area contributed by atoms with Gasteiger partial charge in [0.15, 0.2) is 5.84 Å². The number of ether oxygens (including phenoxy) is 1. The molecule has 0 aliphatic carbocycles. The summed E-state index contributed by atoms with van der Waals surface area (Å²) in [5.74, 6) is 0.00319. The largest absolute Gasteiger partial charge is 0.409 e. The number of oxime groups is 1. The van der Waals surface area contributed by atoms with E-state index in [-0.39, 0.29) is 25.7 Å². The average molecular weight is 134 g/mol. The van der Waals surface area contributed by atoms with Gasteiger partial charge in [0, 0.05) is 0 Å². The molecule has 4 N–H and O–H groups in total. The minimum atomic E-state index is -0.0568. The van der Waals surface area contributed by atoms with Crippen molar-refractivity contribution in [3.05, 3.63) is 0 Å². The maximum atomic E-state index is 8.18. The van der Waals surface area contributed by atoms with Crippen LogP contribution in [0.4, 0.5) is 0 Å². The summed E-state index contributed by atoms with van der Waals surface area (Å²) in [4.78, 5) is 0. The molecule has 0 saturated carbocycles. The molecule has 0 bridgehead atoms. The summed E-state index contributed by atoms with van der Waals surface area (Å²) in [6, 6.07) is 0. The Kier molecular flexibility index (Phi) is 4.85. The molecule has 0 radical (unpaired) electrons. The van der Waals surface area contributed by atoms with E-state index >= 15 is 0 Å². The van der Waals surface area contributed by atoms with Crippen molar-refractivity contribution in [2.24, 2.45) is 10.9 Å². The normalized spacial score (nSPS) is 11.9. The zero-order valence-corrected chi connectivity index (χ0v) is 4.95. The maximum absolute atomic E-state index is 8.18. The lowest BCUT2D eigenvalue weighted by molar-refractivity contribution is 0.116. The van der Waals surface area contributed by atoms with Gasteiger partial charge in [-0.05, 0) is 0 Å². The van der Waals surface area contributed by atoms with Crippen LogP contribution in [0.5, 0.6) is 0 Å². The summed E-state index contributed by atoms with van der Waals surface area (Å²) >= 11 is 0. The number of rotatable bonds is 4. The first kappa shape index (κ1) is 8.19. The molecule has 0 saturated heterocycles. The zero-order valence-electron chi connectivity index (χ0n) is 4.95. The van der Waals surface area contributed by atoms with Gasteiger partial charge in [0.2, 0.25) is 0 Å². The second-order valence-corrected chi connectivity index (χ2v) is 1.37. The Labute approximate surface area is 52.7 Å². The lowest BCUT2D eigenvalue weighted by Crippen LogP contribution is -2.19. The van der Waals surface area contributed by atoms with Crippen LogP contribution in [0.25, 0.3) is 0 Å². The predicted molar refractivity (Wildman–Crippen MR) is 31.3 cm³/mol. The van der Waals surface area contributed by atoms with Gasteiger partial charge in [-0.25, -0.2) is 0 Å². The molecule has 0 amide bonds. The van der Waals surface area contributed by atoms with Crippen LogP contribution in [0.15, 0.2) is 5.16 Å². The van der Waals surface area contributed by atoms with Gasteiger partial charge in [0.1, 0.15) is 6.61 Å². The summed E-state index contributed by atoms with van der Waals surface area (Å²) in [7, 11) is 0. The van der Waals surface area contributed by atoms with E-state index in [0.29, 0.717) is 0 Å². The van der Waals surface area contributed by atoms with E-state index in [1.165, 1.54) is 0 Å². The van der Waals surface area contributed by atoms with E-state index in [9.17, 15) is 0 Å². The van der Waals surface area contributed by atoms with Crippen LogP contribution in [0.3, 0.4) is 0 Å². The molecule has 0 aliphatic rings. The minimum absolute atomic E-state index is 0.00319. The number of hydrogen-bond acceptors (Lipinski definition) is 4. The standard InChI is InChI=1S/C4H10N2O3/c5-4(6-8)3-9-2-1-7/h7-8H,1-3H2,(H2,5,6). The molecular formula is C4H10N2O3. The molecule has 0 aliphatic heterocycles. The van der Waals surface area contributed by atoms with Crippen molar-refractivity contribution in [3.8, 4) is 0 Å². The van der Waals surface area contributed by atoms with Crippen LogP contribution in [0, 0.1) is 0 Å². The third-order valence-corrected chi connectivity index (χ3v) is 0.614. The maximum Gasteiger partial charge on any atom is 0.165 e. The van der Waals surface area contributed by atoms with Crippen molar-refractivity contribution >= 4 is 5.84 Å². The van der Waals surface area contributed by atoms with E-state index < -0.39 is 0 Å². The highest BCUT2D eigenvalue weighted by Gasteiger charge is 1.89. The highest BCUT2D eigenvalue weighted by atomic mass is 16.5. The third kappa shape index (κ3) is 5.05. The topological polar surface area (TPSA) is 88.1 Å². The minimum Gasteiger partial charge on any atom is -0.409 e. The van der Waals surface area contributed by atoms with Crippen LogP contribution >= 0.6 is 0 Å². The van der Waals surface area contributed by atoms with Crippen molar-refractivity contribution in [3.63, 3.8) is 0 Å². The van der Waals surface area contributed by atoms with Gasteiger partial charge in [0.25, 0.3) is 0 Å². The van der Waals surface area contributed by atoms with Gasteiger partial charge in [-0.1, -0.05) is 5.16 Å². The second-order valence-electron chi connectivity index (χ2n) is 1.37. The average Bonchev–Trinajstić information content (AvgIpc) is 1.89. The summed E-state index contributed by atoms with van der Waals surface area (Å²) < 4.78 is 4.67. The molecule has 0 fully saturated rings. The monoisotopic (exact) mass is 134 g/mol. The molecular weight excluding hydrogens is 124 g/mol. The van der Waals surface area contributed by atoms with Gasteiger partial charge >= 0.3 is 0 Å². The van der Waals surface area contributed by atoms with Gasteiger partial charge in [0.05, 0.1) is 13.2 Å². The van der Waals surface area contributed by atoms with Crippen molar-refractivity contribution in [1.82, 2.24) is 0 Å². The Hall–Kier alpha value is -0.810. The molecule has 5 nitrogen and oxygen atoms in total. The third-order valence-electron chi connectivity index (χ3n) is 0.614. The van der Waals surface area contributed by atoms with E-state index in [1.807, 2.05) is 0 Å². The molecule has 0 spiro atoms. The van der Waals surface area contributed by atoms with Crippen molar-refractivity contribution in [2.75, 3.05) is 19.8 Å². The van der Waals surface area contributed by atoms with E-state index in [1.54, 1.807) is 0 Å². The fraction of sp³-hybridized carbons (Fsp3) is 0.750. The molecule has 0 heterocycles. The van der Waals surface area contributed by atoms with Gasteiger partial charge in [-0.2, -0.15) is 0 Å². The Morgan fingerprint density at radius 1 is 1.67 bits per heavy atom. The molecule has 9 heavy (non-hydrogen) atoms. The number of aliphatic hydroxyl groups excluding tert-OH is 1. The SMILES string of the molecule is N/C(COCCO)=N\O. The highest BCUT2D eigenvalue weighted by Crippen LogP contribution is 1.72. The van der Waals surface area contributed by atoms with Crippen LogP contribution in [0.2, 0.25) is 0 Å². The van der Waals surface area contributed by atoms with Gasteiger partial charge in [-0.3, -0.25) is 0 Å². The lowest BCUT2D eigenvalue weighted by Gasteiger charge is -1.97. The highest BCUT2D eigenvalue weighted by molar-refractivity contribution is 5.80. The molecule has 0 aromatic rings. The Morgan fingerprint density at radius 3 is 2.78 bits per heavy atom. The quantitative estimate of drug-likeness (QED) is 0.147. The number of nitrogens with two attached hydrogens (primary N) is 1. The number of amidine groups is 1. The predicted octanol–water partition coefficient (Wildman–Crippen LogP) is -1.26. The van der Waals surface area contributed by atoms with Crippen LogP contribution in [-0.4, -0.2) is 36.0 Å². The molecule has 54 valence electrons. The molecule has 0 aromatic heterocycles. The molecule has 0 unspecified atom stereocenters. The summed E-state index contributed by atoms with van der Waals surface area (Å²) in [6.45, 7) is 0.200. The van der Waals surface area contributed by atoms with Gasteiger partial charge < -0.3 is 20.8 Å². The summed E-state index contributed by atoms with van der Waals surface area (Å²) in [5, 5.41) is 18.8. The first-order valence-corrected chi connectivity index (χ1v) is 2.46. The first-order valence-electron chi connectivity index (χ1n) is 2.46. The van der Waals surface area contributed by atoms with E-state index in [4.69, 9.17) is 16.0 Å². The number of aliphatic hydroxyl groups is 1. The van der Waals surface area contributed by atoms with Crippen molar-refractivity contribution < 1.29 is 15.1 Å². The lowest BCUT2D eigenvalue weighted by atomic mass is 10.6. The molecule has 0 rings (SSSR count). The van der Waals surface area contributed by atoms with Crippen molar-refractivity contribution in [2.45, 2.75) is 0 Å². The summed E-state index contributed by atoms with van der Waals surface area (Å²) in [6.07, 6.45) is 0.